The molecule has 1 aromatic rings. The quantitative estimate of drug-likeness (QED) is 0.228. The van der Waals surface area contributed by atoms with Gasteiger partial charge in [-0.25, -0.2) is 19.1 Å². The van der Waals surface area contributed by atoms with Crippen LogP contribution >= 0.6 is 11.8 Å². The number of ketones is 1. The smallest absolute Gasteiger partial charge is 0.343 e. The van der Waals surface area contributed by atoms with Gasteiger partial charge in [0, 0.05) is 38.0 Å². The lowest BCUT2D eigenvalue weighted by atomic mass is 10.0. The molecule has 0 saturated carbocycles. The fraction of sp³-hybridized carbons (Fsp3) is 0.389. The van der Waals surface area contributed by atoms with Crippen molar-refractivity contribution >= 4 is 38.5 Å². The van der Waals surface area contributed by atoms with Crippen LogP contribution in [0.15, 0.2) is 34.0 Å². The molecule has 0 fully saturated rings. The molecule has 1 aromatic carbocycles. The van der Waals surface area contributed by atoms with Gasteiger partial charge in [-0.05, 0) is 36.6 Å². The van der Waals surface area contributed by atoms with E-state index in [4.69, 9.17) is 16.4 Å². The van der Waals surface area contributed by atoms with Crippen LogP contribution < -0.4 is 11.7 Å². The Morgan fingerprint density at radius 1 is 1.34 bits per heavy atom. The van der Waals surface area contributed by atoms with Crippen molar-refractivity contribution in [3.8, 4) is 0 Å². The van der Waals surface area contributed by atoms with Crippen molar-refractivity contribution in [3.05, 3.63) is 40.7 Å². The molecule has 0 atom stereocenters. The van der Waals surface area contributed by atoms with Crippen LogP contribution in [-0.4, -0.2) is 43.7 Å². The number of hydrogen-bond donors (Lipinski definition) is 2. The van der Waals surface area contributed by atoms with Crippen molar-refractivity contribution in [2.45, 2.75) is 36.8 Å². The largest absolute Gasteiger partial charge is 0.427 e. The molecule has 29 heavy (non-hydrogen) atoms. The van der Waals surface area contributed by atoms with Crippen molar-refractivity contribution in [1.29, 1.82) is 0 Å². The van der Waals surface area contributed by atoms with Crippen LogP contribution in [0.2, 0.25) is 0 Å². The lowest BCUT2D eigenvalue weighted by molar-refractivity contribution is -0.115. The Hall–Kier alpha value is -2.37. The number of allylic oxidation sites excluding steroid dienone is 2. The summed E-state index contributed by atoms with van der Waals surface area (Å²) in [6.45, 7) is 1.65. The van der Waals surface area contributed by atoms with Crippen molar-refractivity contribution in [2.24, 2.45) is 16.8 Å². The maximum absolute atomic E-state index is 12.7. The van der Waals surface area contributed by atoms with E-state index < -0.39 is 15.8 Å². The first-order valence-electron chi connectivity index (χ1n) is 8.71. The predicted octanol–water partition coefficient (Wildman–Crippen LogP) is 1.46. The third-order valence-electron chi connectivity index (χ3n) is 4.32. The molecule has 0 saturated heterocycles. The number of ether oxygens (including phenoxy) is 1. The Morgan fingerprint density at radius 2 is 2.03 bits per heavy atom. The number of rotatable bonds is 5. The Bertz CT molecular complexity index is 984. The van der Waals surface area contributed by atoms with Gasteiger partial charge in [-0.15, -0.1) is 0 Å². The number of hydrazine groups is 1. The first-order chi connectivity index (χ1) is 13.5. The summed E-state index contributed by atoms with van der Waals surface area (Å²) in [5.41, 5.74) is 1.12. The predicted molar refractivity (Wildman–Crippen MR) is 112 cm³/mol. The second-order valence-corrected chi connectivity index (χ2v) is 9.54. The molecule has 0 aliphatic heterocycles. The average molecular weight is 441 g/mol. The second-order valence-electron chi connectivity index (χ2n) is 6.62. The highest BCUT2D eigenvalue weighted by atomic mass is 32.2. The molecule has 0 heterocycles. The molecular weight excluding hydrogens is 416 g/mol. The van der Waals surface area contributed by atoms with E-state index in [1.165, 1.54) is 23.2 Å². The number of esters is 1. The van der Waals surface area contributed by atoms with Crippen molar-refractivity contribution in [2.75, 3.05) is 13.3 Å². The molecule has 2 rings (SSSR count). The van der Waals surface area contributed by atoms with Crippen LogP contribution in [0.1, 0.15) is 40.7 Å². The molecule has 11 heteroatoms. The van der Waals surface area contributed by atoms with Gasteiger partial charge in [0.05, 0.1) is 10.5 Å². The number of hydrazone groups is 1. The van der Waals surface area contributed by atoms with Crippen molar-refractivity contribution < 1.29 is 22.7 Å². The zero-order valence-corrected chi connectivity index (χ0v) is 18.1. The number of hydrogen-bond acceptors (Lipinski definition) is 9. The summed E-state index contributed by atoms with van der Waals surface area (Å²) in [4.78, 5) is 24.3. The Balaban J connectivity index is 2.40. The minimum absolute atomic E-state index is 0.0835. The molecular formula is C18H24N4O5S2. The van der Waals surface area contributed by atoms with Gasteiger partial charge >= 0.3 is 5.97 Å². The minimum Gasteiger partial charge on any atom is -0.427 e. The number of nitrogens with zero attached hydrogens (tertiary/aromatic N) is 2. The van der Waals surface area contributed by atoms with Gasteiger partial charge in [-0.1, -0.05) is 11.8 Å². The number of carbonyl (C=O) groups excluding carboxylic acids is 2. The van der Waals surface area contributed by atoms with Crippen molar-refractivity contribution in [1.82, 2.24) is 5.01 Å². The van der Waals surface area contributed by atoms with E-state index >= 15 is 0 Å². The van der Waals surface area contributed by atoms with Gasteiger partial charge in [-0.3, -0.25) is 9.80 Å². The third kappa shape index (κ3) is 5.81. The van der Waals surface area contributed by atoms with Crippen LogP contribution in [0.5, 0.6) is 0 Å². The lowest BCUT2D eigenvalue weighted by Crippen LogP contribution is -2.32. The zero-order valence-electron chi connectivity index (χ0n) is 16.5. The molecule has 0 amide bonds. The highest BCUT2D eigenvalue weighted by Gasteiger charge is 2.23. The van der Waals surface area contributed by atoms with E-state index in [9.17, 15) is 18.0 Å². The third-order valence-corrected chi connectivity index (χ3v) is 6.59. The summed E-state index contributed by atoms with van der Waals surface area (Å²) in [5.74, 6) is 10.7. The molecule has 0 spiro atoms. The topological polar surface area (TPSA) is 145 Å². The molecule has 0 unspecified atom stereocenters. The lowest BCUT2D eigenvalue weighted by Gasteiger charge is -2.18. The first-order valence-corrected chi connectivity index (χ1v) is 11.6. The van der Waals surface area contributed by atoms with Gasteiger partial charge in [0.1, 0.15) is 5.76 Å². The Kier molecular flexibility index (Phi) is 7.44. The number of carbonyl (C=O) groups is 2. The van der Waals surface area contributed by atoms with Crippen LogP contribution in [0.25, 0.3) is 0 Å². The number of amidine groups is 1. The average Bonchev–Trinajstić information content (AvgIpc) is 2.61. The van der Waals surface area contributed by atoms with E-state index in [0.29, 0.717) is 41.3 Å². The van der Waals surface area contributed by atoms with Crippen LogP contribution in [-0.2, 0) is 25.1 Å². The van der Waals surface area contributed by atoms with E-state index in [1.807, 2.05) is 0 Å². The fourth-order valence-electron chi connectivity index (χ4n) is 2.86. The first kappa shape index (κ1) is 22.9. The number of benzene rings is 1. The molecule has 158 valence electrons. The van der Waals surface area contributed by atoms with Gasteiger partial charge in [0.2, 0.25) is 0 Å². The van der Waals surface area contributed by atoms with Gasteiger partial charge in [0.15, 0.2) is 20.8 Å². The van der Waals surface area contributed by atoms with Gasteiger partial charge < -0.3 is 10.6 Å². The van der Waals surface area contributed by atoms with E-state index in [2.05, 4.69) is 5.10 Å². The van der Waals surface area contributed by atoms with E-state index in [0.717, 1.165) is 18.0 Å². The Labute approximate surface area is 174 Å². The van der Waals surface area contributed by atoms with E-state index in [1.54, 1.807) is 14.0 Å². The van der Waals surface area contributed by atoms with Gasteiger partial charge in [-0.2, -0.15) is 5.10 Å². The number of nitrogens with two attached hydrogens (primary N) is 2. The highest BCUT2D eigenvalue weighted by Crippen LogP contribution is 2.29. The summed E-state index contributed by atoms with van der Waals surface area (Å²) in [6.07, 6.45) is 3.99. The number of sulfone groups is 1. The molecule has 1 aliphatic rings. The van der Waals surface area contributed by atoms with Crippen molar-refractivity contribution in [3.63, 3.8) is 0 Å². The van der Waals surface area contributed by atoms with Crippen LogP contribution in [0, 0.1) is 6.92 Å². The summed E-state index contributed by atoms with van der Waals surface area (Å²) >= 11 is 1.14. The normalized spacial score (nSPS) is 15.1. The summed E-state index contributed by atoms with van der Waals surface area (Å²) in [7, 11) is -1.99. The zero-order chi connectivity index (χ0) is 21.8. The molecule has 0 aromatic heterocycles. The minimum atomic E-state index is -3.55. The number of thioether (sulfide) groups is 1. The SMILES string of the molecule is Cc1c(C(=O)OC2=CC(=O)CCC2)ccc(S(C)(=O)=O)c1CS/C(=N/N)N(C)N. The summed E-state index contributed by atoms with van der Waals surface area (Å²) < 4.78 is 29.8. The Morgan fingerprint density at radius 3 is 2.59 bits per heavy atom. The highest BCUT2D eigenvalue weighted by molar-refractivity contribution is 8.13. The molecule has 0 radical (unpaired) electrons. The van der Waals surface area contributed by atoms with Gasteiger partial charge in [0.25, 0.3) is 0 Å². The van der Waals surface area contributed by atoms with E-state index in [-0.39, 0.29) is 22.0 Å². The second kappa shape index (κ2) is 9.42. The molecule has 0 bridgehead atoms. The maximum atomic E-state index is 12.7. The summed E-state index contributed by atoms with van der Waals surface area (Å²) in [5, 5.41) is 5.07. The standard InChI is InChI=1S/C18H24N4O5S2/c1-11-14(17(24)27-13-6-4-5-12(23)9-13)7-8-16(29(3,25)26)15(11)10-28-18(21-19)22(2)20/h7-9H,4-6,10,19-20H2,1-3H3/b21-18+. The van der Waals surface area contributed by atoms with Crippen LogP contribution in [0.3, 0.4) is 0 Å². The fourth-order valence-corrected chi connectivity index (χ4v) is 4.87. The molecule has 4 N–H and O–H groups in total. The molecule has 1 aliphatic carbocycles. The maximum Gasteiger partial charge on any atom is 0.343 e. The molecule has 9 nitrogen and oxygen atoms in total. The van der Waals surface area contributed by atoms with Crippen LogP contribution in [0.4, 0.5) is 0 Å². The summed E-state index contributed by atoms with van der Waals surface area (Å²) in [6, 6.07) is 2.79. The monoisotopic (exact) mass is 440 g/mol.